The van der Waals surface area contributed by atoms with Gasteiger partial charge in [0.25, 0.3) is 0 Å². The summed E-state index contributed by atoms with van der Waals surface area (Å²) in [5.74, 6) is 1.38. The first-order chi connectivity index (χ1) is 10.2. The maximum Gasteiger partial charge on any atom is 0.196 e. The Morgan fingerprint density at radius 3 is 2.81 bits per heavy atom. The topological polar surface area (TPSA) is 50.9 Å². The van der Waals surface area contributed by atoms with E-state index in [-0.39, 0.29) is 6.04 Å². The van der Waals surface area contributed by atoms with Crippen molar-refractivity contribution in [2.75, 3.05) is 18.6 Å². The molecule has 108 valence electrons. The van der Waals surface area contributed by atoms with Crippen molar-refractivity contribution in [2.24, 2.45) is 10.7 Å². The molecule has 2 N–H and O–H groups in total. The second kappa shape index (κ2) is 5.77. The minimum absolute atomic E-state index is 0.0920. The van der Waals surface area contributed by atoms with Gasteiger partial charge in [-0.1, -0.05) is 34.1 Å². The van der Waals surface area contributed by atoms with Crippen LogP contribution >= 0.6 is 15.9 Å². The normalized spacial score (nSPS) is 17.7. The molecule has 0 fully saturated rings. The van der Waals surface area contributed by atoms with Gasteiger partial charge < -0.3 is 15.4 Å². The van der Waals surface area contributed by atoms with Crippen LogP contribution in [0.1, 0.15) is 11.6 Å². The zero-order valence-electron chi connectivity index (χ0n) is 11.7. The largest absolute Gasteiger partial charge is 0.497 e. The smallest absolute Gasteiger partial charge is 0.196 e. The monoisotopic (exact) mass is 345 g/mol. The fourth-order valence-corrected chi connectivity index (χ4v) is 2.93. The molecule has 5 heteroatoms. The minimum atomic E-state index is 0.0920. The van der Waals surface area contributed by atoms with E-state index in [9.17, 15) is 0 Å². The van der Waals surface area contributed by atoms with Crippen LogP contribution in [0.15, 0.2) is 58.0 Å². The molecule has 2 aromatic carbocycles. The quantitative estimate of drug-likeness (QED) is 0.928. The van der Waals surface area contributed by atoms with Gasteiger partial charge in [0.2, 0.25) is 0 Å². The molecule has 1 aliphatic rings. The number of halogens is 1. The summed E-state index contributed by atoms with van der Waals surface area (Å²) >= 11 is 3.50. The van der Waals surface area contributed by atoms with Crippen molar-refractivity contribution >= 4 is 27.6 Å². The Hall–Kier alpha value is -2.01. The van der Waals surface area contributed by atoms with Crippen molar-refractivity contribution in [1.29, 1.82) is 0 Å². The fourth-order valence-electron chi connectivity index (χ4n) is 2.54. The third-order valence-corrected chi connectivity index (χ3v) is 4.04. The number of nitrogens with zero attached hydrogens (tertiary/aromatic N) is 2. The van der Waals surface area contributed by atoms with E-state index in [2.05, 4.69) is 31.9 Å². The van der Waals surface area contributed by atoms with Gasteiger partial charge >= 0.3 is 0 Å². The number of ether oxygens (including phenoxy) is 1. The summed E-state index contributed by atoms with van der Waals surface area (Å²) in [7, 11) is 1.67. The molecule has 2 aromatic rings. The average molecular weight is 346 g/mol. The van der Waals surface area contributed by atoms with Gasteiger partial charge in [-0.2, -0.15) is 0 Å². The zero-order chi connectivity index (χ0) is 14.8. The van der Waals surface area contributed by atoms with Crippen molar-refractivity contribution in [3.8, 4) is 5.75 Å². The lowest BCUT2D eigenvalue weighted by Gasteiger charge is -2.27. The van der Waals surface area contributed by atoms with E-state index in [1.807, 2.05) is 42.5 Å². The van der Waals surface area contributed by atoms with E-state index in [1.165, 1.54) is 0 Å². The first-order valence-corrected chi connectivity index (χ1v) is 7.47. The zero-order valence-corrected chi connectivity index (χ0v) is 13.2. The lowest BCUT2D eigenvalue weighted by molar-refractivity contribution is 0.414. The summed E-state index contributed by atoms with van der Waals surface area (Å²) in [6.45, 7) is 0.644. The first kappa shape index (κ1) is 13.9. The van der Waals surface area contributed by atoms with Gasteiger partial charge in [-0.25, -0.2) is 0 Å². The van der Waals surface area contributed by atoms with Gasteiger partial charge in [0.1, 0.15) is 5.75 Å². The van der Waals surface area contributed by atoms with E-state index in [0.717, 1.165) is 21.5 Å². The second-order valence-corrected chi connectivity index (χ2v) is 5.76. The van der Waals surface area contributed by atoms with E-state index >= 15 is 0 Å². The highest BCUT2D eigenvalue weighted by Crippen LogP contribution is 2.33. The minimum Gasteiger partial charge on any atom is -0.497 e. The van der Waals surface area contributed by atoms with Crippen LogP contribution < -0.4 is 15.4 Å². The number of aliphatic imine (C=N–C) groups is 1. The molecule has 0 amide bonds. The van der Waals surface area contributed by atoms with E-state index in [1.54, 1.807) is 7.11 Å². The van der Waals surface area contributed by atoms with Gasteiger partial charge in [0.05, 0.1) is 19.7 Å². The molecule has 1 aliphatic heterocycles. The van der Waals surface area contributed by atoms with Crippen molar-refractivity contribution in [3.05, 3.63) is 58.6 Å². The van der Waals surface area contributed by atoms with Crippen LogP contribution in [-0.2, 0) is 0 Å². The molecule has 1 heterocycles. The standard InChI is InChI=1S/C16H16BrN3O/c1-21-14-7-2-4-11(8-14)15-10-19-16(18)20(15)13-6-3-5-12(17)9-13/h2-9,15H,10H2,1H3,(H2,18,19). The average Bonchev–Trinajstić information content (AvgIpc) is 2.89. The number of hydrogen-bond acceptors (Lipinski definition) is 4. The molecule has 4 nitrogen and oxygen atoms in total. The number of guanidine groups is 1. The van der Waals surface area contributed by atoms with Crippen molar-refractivity contribution in [3.63, 3.8) is 0 Å². The Labute approximate surface area is 132 Å². The van der Waals surface area contributed by atoms with Crippen LogP contribution in [0.3, 0.4) is 0 Å². The molecule has 3 rings (SSSR count). The predicted octanol–water partition coefficient (Wildman–Crippen LogP) is 3.33. The molecule has 0 aliphatic carbocycles. The summed E-state index contributed by atoms with van der Waals surface area (Å²) < 4.78 is 6.32. The third-order valence-electron chi connectivity index (χ3n) is 3.55. The molecule has 0 aromatic heterocycles. The highest BCUT2D eigenvalue weighted by atomic mass is 79.9. The summed E-state index contributed by atoms with van der Waals surface area (Å²) in [4.78, 5) is 6.46. The van der Waals surface area contributed by atoms with Gasteiger partial charge in [-0.05, 0) is 35.9 Å². The maximum atomic E-state index is 6.09. The molecule has 0 saturated carbocycles. The summed E-state index contributed by atoms with van der Waals surface area (Å²) in [5.41, 5.74) is 8.25. The molecular weight excluding hydrogens is 330 g/mol. The van der Waals surface area contributed by atoms with Gasteiger partial charge in [-0.3, -0.25) is 4.99 Å². The van der Waals surface area contributed by atoms with E-state index in [4.69, 9.17) is 10.5 Å². The highest BCUT2D eigenvalue weighted by molar-refractivity contribution is 9.10. The Kier molecular flexibility index (Phi) is 3.84. The molecule has 0 saturated heterocycles. The second-order valence-electron chi connectivity index (χ2n) is 4.84. The highest BCUT2D eigenvalue weighted by Gasteiger charge is 2.29. The Balaban J connectivity index is 1.98. The molecule has 0 bridgehead atoms. The number of anilines is 1. The van der Waals surface area contributed by atoms with Crippen LogP contribution in [0.2, 0.25) is 0 Å². The number of hydrogen-bond donors (Lipinski definition) is 1. The van der Waals surface area contributed by atoms with Crippen molar-refractivity contribution < 1.29 is 4.74 Å². The summed E-state index contributed by atoms with van der Waals surface area (Å²) in [6.07, 6.45) is 0. The third kappa shape index (κ3) is 2.74. The summed E-state index contributed by atoms with van der Waals surface area (Å²) in [5, 5.41) is 0. The molecule has 21 heavy (non-hydrogen) atoms. The molecule has 0 radical (unpaired) electrons. The van der Waals surface area contributed by atoms with Crippen LogP contribution in [0.4, 0.5) is 5.69 Å². The molecule has 1 unspecified atom stereocenters. The van der Waals surface area contributed by atoms with Crippen molar-refractivity contribution in [2.45, 2.75) is 6.04 Å². The van der Waals surface area contributed by atoms with Crippen LogP contribution in [-0.4, -0.2) is 19.6 Å². The van der Waals surface area contributed by atoms with Gasteiger partial charge in [0.15, 0.2) is 5.96 Å². The number of rotatable bonds is 3. The maximum absolute atomic E-state index is 6.09. The number of methoxy groups -OCH3 is 1. The van der Waals surface area contributed by atoms with Crippen LogP contribution in [0.5, 0.6) is 5.75 Å². The number of nitrogens with two attached hydrogens (primary N) is 1. The SMILES string of the molecule is COc1cccc(C2CN=C(N)N2c2cccc(Br)c2)c1. The Morgan fingerprint density at radius 1 is 1.24 bits per heavy atom. The van der Waals surface area contributed by atoms with Gasteiger partial charge in [0, 0.05) is 10.2 Å². The fraction of sp³-hybridized carbons (Fsp3) is 0.188. The first-order valence-electron chi connectivity index (χ1n) is 6.67. The van der Waals surface area contributed by atoms with Crippen LogP contribution in [0, 0.1) is 0 Å². The lowest BCUT2D eigenvalue weighted by atomic mass is 10.1. The molecule has 0 spiro atoms. The Morgan fingerprint density at radius 2 is 2.05 bits per heavy atom. The van der Waals surface area contributed by atoms with Crippen LogP contribution in [0.25, 0.3) is 0 Å². The predicted molar refractivity (Wildman–Crippen MR) is 88.8 cm³/mol. The summed E-state index contributed by atoms with van der Waals surface area (Å²) in [6, 6.07) is 16.2. The van der Waals surface area contributed by atoms with Gasteiger partial charge in [-0.15, -0.1) is 0 Å². The molecular formula is C16H16BrN3O. The van der Waals surface area contributed by atoms with Crippen molar-refractivity contribution in [1.82, 2.24) is 0 Å². The van der Waals surface area contributed by atoms with E-state index in [0.29, 0.717) is 12.5 Å². The lowest BCUT2D eigenvalue weighted by Crippen LogP contribution is -2.36. The molecule has 1 atom stereocenters. The van der Waals surface area contributed by atoms with E-state index < -0.39 is 0 Å². The Bertz CT molecular complexity index is 687. The number of benzene rings is 2.